The number of amides is 1. The Morgan fingerprint density at radius 2 is 2.07 bits per heavy atom. The molecule has 2 rings (SSSR count). The van der Waals surface area contributed by atoms with Crippen molar-refractivity contribution in [2.75, 3.05) is 0 Å². The lowest BCUT2D eigenvalue weighted by Crippen LogP contribution is -2.34. The number of hydrogen-bond acceptors (Lipinski definition) is 2. The standard InChI is InChI=1S/C10H16FNO2/c1-10(6-8(10)11)9(13)12-14-7-4-2-3-5-7/h7-8H,2-6H2,1H3,(H,12,13). The van der Waals surface area contributed by atoms with E-state index < -0.39 is 11.6 Å². The van der Waals surface area contributed by atoms with Gasteiger partial charge in [-0.25, -0.2) is 9.87 Å². The molecule has 0 saturated heterocycles. The van der Waals surface area contributed by atoms with Crippen LogP contribution in [0.2, 0.25) is 0 Å². The second-order valence-electron chi connectivity index (χ2n) is 4.54. The highest BCUT2D eigenvalue weighted by atomic mass is 19.1. The first kappa shape index (κ1) is 9.90. The number of carbonyl (C=O) groups excluding carboxylic acids is 1. The lowest BCUT2D eigenvalue weighted by molar-refractivity contribution is -0.143. The fraction of sp³-hybridized carbons (Fsp3) is 0.900. The molecule has 3 nitrogen and oxygen atoms in total. The zero-order valence-electron chi connectivity index (χ0n) is 8.38. The van der Waals surface area contributed by atoms with E-state index >= 15 is 0 Å². The van der Waals surface area contributed by atoms with Crippen LogP contribution in [-0.4, -0.2) is 18.2 Å². The Balaban J connectivity index is 1.73. The molecule has 0 bridgehead atoms. The van der Waals surface area contributed by atoms with Crippen molar-refractivity contribution in [1.29, 1.82) is 0 Å². The van der Waals surface area contributed by atoms with Gasteiger partial charge in [-0.05, 0) is 26.2 Å². The van der Waals surface area contributed by atoms with E-state index in [0.29, 0.717) is 6.42 Å². The molecular weight excluding hydrogens is 185 g/mol. The Labute approximate surface area is 83.0 Å². The summed E-state index contributed by atoms with van der Waals surface area (Å²) < 4.78 is 12.8. The van der Waals surface area contributed by atoms with Gasteiger partial charge in [0.1, 0.15) is 6.17 Å². The summed E-state index contributed by atoms with van der Waals surface area (Å²) in [6, 6.07) is 0. The first-order chi connectivity index (χ1) is 6.63. The van der Waals surface area contributed by atoms with Crippen molar-refractivity contribution in [2.24, 2.45) is 5.41 Å². The smallest absolute Gasteiger partial charge is 0.252 e. The van der Waals surface area contributed by atoms with E-state index in [9.17, 15) is 9.18 Å². The molecule has 2 aliphatic rings. The number of alkyl halides is 1. The molecule has 0 aromatic heterocycles. The quantitative estimate of drug-likeness (QED) is 0.706. The van der Waals surface area contributed by atoms with Crippen LogP contribution in [0.5, 0.6) is 0 Å². The minimum absolute atomic E-state index is 0.138. The summed E-state index contributed by atoms with van der Waals surface area (Å²) in [5, 5.41) is 0. The van der Waals surface area contributed by atoms with Gasteiger partial charge < -0.3 is 0 Å². The van der Waals surface area contributed by atoms with Gasteiger partial charge in [0, 0.05) is 0 Å². The monoisotopic (exact) mass is 201 g/mol. The van der Waals surface area contributed by atoms with Crippen molar-refractivity contribution in [3.8, 4) is 0 Å². The Morgan fingerprint density at radius 3 is 2.57 bits per heavy atom. The summed E-state index contributed by atoms with van der Waals surface area (Å²) in [6.07, 6.45) is 3.78. The van der Waals surface area contributed by atoms with Crippen molar-refractivity contribution in [1.82, 2.24) is 5.48 Å². The molecule has 1 N–H and O–H groups in total. The molecule has 0 spiro atoms. The molecule has 2 fully saturated rings. The van der Waals surface area contributed by atoms with E-state index in [1.165, 1.54) is 0 Å². The predicted molar refractivity (Wildman–Crippen MR) is 49.1 cm³/mol. The predicted octanol–water partition coefficient (Wildman–Crippen LogP) is 1.72. The fourth-order valence-electron chi connectivity index (χ4n) is 1.81. The molecule has 0 aromatic rings. The van der Waals surface area contributed by atoms with E-state index in [4.69, 9.17) is 4.84 Å². The number of hydrogen-bond donors (Lipinski definition) is 1. The maximum absolute atomic E-state index is 12.8. The number of hydroxylamine groups is 1. The third kappa shape index (κ3) is 1.75. The molecule has 0 aliphatic heterocycles. The normalized spacial score (nSPS) is 37.1. The number of rotatable bonds is 3. The SMILES string of the molecule is CC1(C(=O)NOC2CCCC2)CC1F. The minimum Gasteiger partial charge on any atom is -0.272 e. The van der Waals surface area contributed by atoms with Crippen molar-refractivity contribution in [2.45, 2.75) is 51.3 Å². The van der Waals surface area contributed by atoms with Gasteiger partial charge in [0.25, 0.3) is 5.91 Å². The lowest BCUT2D eigenvalue weighted by atomic mass is 10.1. The first-order valence-corrected chi connectivity index (χ1v) is 5.23. The van der Waals surface area contributed by atoms with Crippen molar-refractivity contribution >= 4 is 5.91 Å². The van der Waals surface area contributed by atoms with Gasteiger partial charge in [-0.1, -0.05) is 12.8 Å². The van der Waals surface area contributed by atoms with Crippen LogP contribution in [0.3, 0.4) is 0 Å². The van der Waals surface area contributed by atoms with Crippen molar-refractivity contribution < 1.29 is 14.0 Å². The first-order valence-electron chi connectivity index (χ1n) is 5.23. The van der Waals surface area contributed by atoms with E-state index in [1.807, 2.05) is 0 Å². The van der Waals surface area contributed by atoms with Gasteiger partial charge in [0.05, 0.1) is 11.5 Å². The summed E-state index contributed by atoms with van der Waals surface area (Å²) in [7, 11) is 0. The van der Waals surface area contributed by atoms with Gasteiger partial charge in [-0.3, -0.25) is 9.63 Å². The summed E-state index contributed by atoms with van der Waals surface area (Å²) in [4.78, 5) is 16.6. The molecule has 0 aromatic carbocycles. The Kier molecular flexibility index (Phi) is 2.47. The summed E-state index contributed by atoms with van der Waals surface area (Å²) in [5.41, 5.74) is 1.56. The zero-order chi connectivity index (χ0) is 10.2. The topological polar surface area (TPSA) is 38.3 Å². The van der Waals surface area contributed by atoms with Crippen LogP contribution in [0.15, 0.2) is 0 Å². The highest BCUT2D eigenvalue weighted by Crippen LogP contribution is 2.48. The molecule has 14 heavy (non-hydrogen) atoms. The molecular formula is C10H16FNO2. The third-order valence-corrected chi connectivity index (χ3v) is 3.27. The van der Waals surface area contributed by atoms with E-state index in [-0.39, 0.29) is 12.0 Å². The maximum Gasteiger partial charge on any atom is 0.252 e. The lowest BCUT2D eigenvalue weighted by Gasteiger charge is -2.13. The third-order valence-electron chi connectivity index (χ3n) is 3.27. The van der Waals surface area contributed by atoms with Gasteiger partial charge in [-0.2, -0.15) is 0 Å². The van der Waals surface area contributed by atoms with Gasteiger partial charge >= 0.3 is 0 Å². The second-order valence-corrected chi connectivity index (χ2v) is 4.54. The molecule has 80 valence electrons. The van der Waals surface area contributed by atoms with Crippen molar-refractivity contribution in [3.63, 3.8) is 0 Å². The number of halogens is 1. The fourth-order valence-corrected chi connectivity index (χ4v) is 1.81. The van der Waals surface area contributed by atoms with Gasteiger partial charge in [-0.15, -0.1) is 0 Å². The Morgan fingerprint density at radius 1 is 1.50 bits per heavy atom. The summed E-state index contributed by atoms with van der Waals surface area (Å²) in [5.74, 6) is -0.308. The van der Waals surface area contributed by atoms with Gasteiger partial charge in [0.15, 0.2) is 0 Å². The number of nitrogens with one attached hydrogen (secondary N) is 1. The molecule has 2 unspecified atom stereocenters. The van der Waals surface area contributed by atoms with E-state index in [1.54, 1.807) is 6.92 Å². The van der Waals surface area contributed by atoms with Crippen LogP contribution < -0.4 is 5.48 Å². The molecule has 0 radical (unpaired) electrons. The average Bonchev–Trinajstić information content (AvgIpc) is 2.65. The molecule has 2 atom stereocenters. The van der Waals surface area contributed by atoms with Crippen LogP contribution >= 0.6 is 0 Å². The van der Waals surface area contributed by atoms with Gasteiger partial charge in [0.2, 0.25) is 0 Å². The van der Waals surface area contributed by atoms with E-state index in [2.05, 4.69) is 5.48 Å². The Hall–Kier alpha value is -0.640. The van der Waals surface area contributed by atoms with Crippen LogP contribution in [0.1, 0.15) is 39.0 Å². The number of carbonyl (C=O) groups is 1. The second kappa shape index (κ2) is 3.50. The van der Waals surface area contributed by atoms with Crippen molar-refractivity contribution in [3.05, 3.63) is 0 Å². The van der Waals surface area contributed by atoms with Crippen LogP contribution in [0.4, 0.5) is 4.39 Å². The Bertz CT molecular complexity index is 240. The van der Waals surface area contributed by atoms with Crippen LogP contribution in [-0.2, 0) is 9.63 Å². The minimum atomic E-state index is -0.991. The van der Waals surface area contributed by atoms with Crippen LogP contribution in [0.25, 0.3) is 0 Å². The summed E-state index contributed by atoms with van der Waals surface area (Å²) in [6.45, 7) is 1.63. The van der Waals surface area contributed by atoms with Crippen LogP contribution in [0, 0.1) is 5.41 Å². The molecule has 2 aliphatic carbocycles. The molecule has 4 heteroatoms. The summed E-state index contributed by atoms with van der Waals surface area (Å²) >= 11 is 0. The largest absolute Gasteiger partial charge is 0.272 e. The molecule has 2 saturated carbocycles. The zero-order valence-corrected chi connectivity index (χ0v) is 8.38. The highest BCUT2D eigenvalue weighted by Gasteiger charge is 2.57. The van der Waals surface area contributed by atoms with E-state index in [0.717, 1.165) is 25.7 Å². The molecule has 1 amide bonds. The highest BCUT2D eigenvalue weighted by molar-refractivity contribution is 5.85. The molecule has 0 heterocycles. The average molecular weight is 201 g/mol. The maximum atomic E-state index is 12.8.